The summed E-state index contributed by atoms with van der Waals surface area (Å²) in [6.07, 6.45) is 0. The predicted molar refractivity (Wildman–Crippen MR) is 86.7 cm³/mol. The molecule has 3 rings (SSSR count). The largest absolute Gasteiger partial charge is 0.465 e. The molecule has 0 saturated heterocycles. The van der Waals surface area contributed by atoms with Gasteiger partial charge in [-0.1, -0.05) is 32.0 Å². The number of aryl methyl sites for hydroxylation is 1. The zero-order chi connectivity index (χ0) is 15.4. The lowest BCUT2D eigenvalue weighted by Gasteiger charge is -2.07. The van der Waals surface area contributed by atoms with Crippen LogP contribution in [0.25, 0.3) is 21.8 Å². The van der Waals surface area contributed by atoms with E-state index in [-0.39, 0.29) is 5.97 Å². The highest BCUT2D eigenvalue weighted by Crippen LogP contribution is 2.24. The second-order valence-corrected chi connectivity index (χ2v) is 4.56. The number of carbonyl (C=O) groups excluding carboxylic acids is 1. The average Bonchev–Trinajstić information content (AvgIpc) is 2.53. The quantitative estimate of drug-likeness (QED) is 0.486. The van der Waals surface area contributed by atoms with Crippen LogP contribution in [0, 0.1) is 6.92 Å². The molecule has 0 aliphatic rings. The first-order valence-corrected chi connectivity index (χ1v) is 7.07. The summed E-state index contributed by atoms with van der Waals surface area (Å²) in [5, 5.41) is 2.02. The number of methoxy groups -OCH3 is 1. The number of esters is 1. The summed E-state index contributed by atoms with van der Waals surface area (Å²) < 4.78 is 4.83. The molecule has 0 bridgehead atoms. The number of ether oxygens (including phenoxy) is 1. The standard InChI is InChI=1S/C16H13NO2.C2H6/c1-10-7-12-9-11-5-3-4-6-14(11)17-15(12)13(8-10)16(18)19-2;1-2/h3-9H,1-2H3;1-2H3. The third-order valence-electron chi connectivity index (χ3n) is 3.17. The minimum absolute atomic E-state index is 0.350. The molecule has 0 saturated carbocycles. The van der Waals surface area contributed by atoms with E-state index >= 15 is 0 Å². The van der Waals surface area contributed by atoms with E-state index in [0.29, 0.717) is 11.1 Å². The number of pyridine rings is 1. The molecule has 3 aromatic rings. The average molecular weight is 281 g/mol. The number of hydrogen-bond donors (Lipinski definition) is 0. The molecule has 1 heterocycles. The van der Waals surface area contributed by atoms with Crippen LogP contribution in [0.15, 0.2) is 42.5 Å². The van der Waals surface area contributed by atoms with Crippen LogP contribution in [0.2, 0.25) is 0 Å². The Morgan fingerprint density at radius 3 is 2.48 bits per heavy atom. The van der Waals surface area contributed by atoms with Gasteiger partial charge in [0.2, 0.25) is 0 Å². The SMILES string of the molecule is CC.COC(=O)c1cc(C)cc2cc3ccccc3nc12. The van der Waals surface area contributed by atoms with Crippen LogP contribution in [-0.2, 0) is 4.74 Å². The molecular weight excluding hydrogens is 262 g/mol. The smallest absolute Gasteiger partial charge is 0.340 e. The van der Waals surface area contributed by atoms with Gasteiger partial charge >= 0.3 is 5.97 Å². The maximum atomic E-state index is 11.9. The fourth-order valence-electron chi connectivity index (χ4n) is 2.31. The minimum atomic E-state index is -0.350. The minimum Gasteiger partial charge on any atom is -0.465 e. The number of hydrogen-bond acceptors (Lipinski definition) is 3. The van der Waals surface area contributed by atoms with Gasteiger partial charge in [0.1, 0.15) is 0 Å². The molecule has 0 atom stereocenters. The van der Waals surface area contributed by atoms with Crippen LogP contribution in [0.1, 0.15) is 29.8 Å². The van der Waals surface area contributed by atoms with Gasteiger partial charge in [0.05, 0.1) is 23.7 Å². The van der Waals surface area contributed by atoms with Gasteiger partial charge in [-0.15, -0.1) is 0 Å². The van der Waals surface area contributed by atoms with E-state index in [9.17, 15) is 4.79 Å². The van der Waals surface area contributed by atoms with E-state index in [1.165, 1.54) is 7.11 Å². The Morgan fingerprint density at radius 1 is 1.05 bits per heavy atom. The van der Waals surface area contributed by atoms with Crippen molar-refractivity contribution in [3.8, 4) is 0 Å². The van der Waals surface area contributed by atoms with E-state index in [1.54, 1.807) is 0 Å². The Kier molecular flexibility index (Phi) is 4.53. The van der Waals surface area contributed by atoms with E-state index in [1.807, 2.05) is 57.2 Å². The lowest BCUT2D eigenvalue weighted by Crippen LogP contribution is -2.03. The van der Waals surface area contributed by atoms with Gasteiger partial charge in [-0.3, -0.25) is 0 Å². The summed E-state index contributed by atoms with van der Waals surface area (Å²) in [6, 6.07) is 13.8. The molecule has 0 N–H and O–H groups in total. The van der Waals surface area contributed by atoms with Crippen LogP contribution < -0.4 is 0 Å². The summed E-state index contributed by atoms with van der Waals surface area (Å²) in [4.78, 5) is 16.4. The number of benzene rings is 2. The zero-order valence-corrected chi connectivity index (χ0v) is 12.8. The molecule has 0 aliphatic carbocycles. The molecule has 1 aromatic heterocycles. The first-order chi connectivity index (χ1) is 10.2. The normalized spacial score (nSPS) is 10.1. The fourth-order valence-corrected chi connectivity index (χ4v) is 2.31. The summed E-state index contributed by atoms with van der Waals surface area (Å²) >= 11 is 0. The van der Waals surface area contributed by atoms with Gasteiger partial charge in [-0.25, -0.2) is 9.78 Å². The molecule has 0 fully saturated rings. The van der Waals surface area contributed by atoms with Gasteiger partial charge < -0.3 is 4.74 Å². The first-order valence-electron chi connectivity index (χ1n) is 7.07. The van der Waals surface area contributed by atoms with Crippen LogP contribution >= 0.6 is 0 Å². The third-order valence-corrected chi connectivity index (χ3v) is 3.17. The van der Waals surface area contributed by atoms with Crippen LogP contribution in [0.3, 0.4) is 0 Å². The van der Waals surface area contributed by atoms with Crippen molar-refractivity contribution in [2.75, 3.05) is 7.11 Å². The predicted octanol–water partition coefficient (Wildman–Crippen LogP) is 4.51. The second-order valence-electron chi connectivity index (χ2n) is 4.56. The van der Waals surface area contributed by atoms with Crippen LogP contribution in [0.4, 0.5) is 0 Å². The summed E-state index contributed by atoms with van der Waals surface area (Å²) in [5.41, 5.74) is 3.10. The summed E-state index contributed by atoms with van der Waals surface area (Å²) in [7, 11) is 1.39. The molecule has 0 amide bonds. The van der Waals surface area contributed by atoms with Crippen LogP contribution in [-0.4, -0.2) is 18.1 Å². The number of aromatic nitrogens is 1. The van der Waals surface area contributed by atoms with E-state index in [0.717, 1.165) is 21.9 Å². The summed E-state index contributed by atoms with van der Waals surface area (Å²) in [5.74, 6) is -0.350. The van der Waals surface area contributed by atoms with Gasteiger partial charge in [0.25, 0.3) is 0 Å². The molecular formula is C18H19NO2. The van der Waals surface area contributed by atoms with Crippen molar-refractivity contribution in [1.29, 1.82) is 0 Å². The van der Waals surface area contributed by atoms with Crippen molar-refractivity contribution in [3.63, 3.8) is 0 Å². The highest BCUT2D eigenvalue weighted by molar-refractivity contribution is 6.05. The molecule has 0 unspecified atom stereocenters. The molecule has 3 heteroatoms. The van der Waals surface area contributed by atoms with Crippen molar-refractivity contribution in [3.05, 3.63) is 53.6 Å². The number of rotatable bonds is 1. The number of carbonyl (C=O) groups is 1. The second kappa shape index (κ2) is 6.35. The topological polar surface area (TPSA) is 39.2 Å². The van der Waals surface area contributed by atoms with Crippen molar-refractivity contribution >= 4 is 27.8 Å². The van der Waals surface area contributed by atoms with Crippen molar-refractivity contribution in [2.45, 2.75) is 20.8 Å². The van der Waals surface area contributed by atoms with E-state index in [4.69, 9.17) is 4.74 Å². The van der Waals surface area contributed by atoms with Gasteiger partial charge in [-0.05, 0) is 36.8 Å². The Morgan fingerprint density at radius 2 is 1.76 bits per heavy atom. The van der Waals surface area contributed by atoms with Crippen molar-refractivity contribution in [1.82, 2.24) is 4.98 Å². The highest BCUT2D eigenvalue weighted by Gasteiger charge is 2.13. The van der Waals surface area contributed by atoms with E-state index in [2.05, 4.69) is 11.1 Å². The molecule has 3 nitrogen and oxygen atoms in total. The molecule has 0 aliphatic heterocycles. The van der Waals surface area contributed by atoms with E-state index < -0.39 is 0 Å². The molecule has 108 valence electrons. The Bertz CT molecular complexity index is 794. The maximum Gasteiger partial charge on any atom is 0.340 e. The van der Waals surface area contributed by atoms with Gasteiger partial charge in [0.15, 0.2) is 0 Å². The Hall–Kier alpha value is -2.42. The molecule has 21 heavy (non-hydrogen) atoms. The molecule has 0 radical (unpaired) electrons. The first kappa shape index (κ1) is 15.0. The molecule has 0 spiro atoms. The van der Waals surface area contributed by atoms with Gasteiger partial charge in [-0.2, -0.15) is 0 Å². The summed E-state index contributed by atoms with van der Waals surface area (Å²) in [6.45, 7) is 5.96. The number of para-hydroxylation sites is 1. The number of nitrogens with zero attached hydrogens (tertiary/aromatic N) is 1. The zero-order valence-electron chi connectivity index (χ0n) is 12.8. The fraction of sp³-hybridized carbons (Fsp3) is 0.222. The monoisotopic (exact) mass is 281 g/mol. The Labute approximate surface area is 124 Å². The van der Waals surface area contributed by atoms with Crippen LogP contribution in [0.5, 0.6) is 0 Å². The third kappa shape index (κ3) is 2.87. The van der Waals surface area contributed by atoms with Crippen molar-refractivity contribution in [2.24, 2.45) is 0 Å². The number of fused-ring (bicyclic) bond motifs is 2. The molecule has 2 aromatic carbocycles. The maximum absolute atomic E-state index is 11.9. The lowest BCUT2D eigenvalue weighted by atomic mass is 10.0. The lowest BCUT2D eigenvalue weighted by molar-refractivity contribution is 0.0602. The highest BCUT2D eigenvalue weighted by atomic mass is 16.5. The van der Waals surface area contributed by atoms with Crippen molar-refractivity contribution < 1.29 is 9.53 Å². The Balaban J connectivity index is 0.000000774. The van der Waals surface area contributed by atoms with Gasteiger partial charge in [0, 0.05) is 10.8 Å².